The van der Waals surface area contributed by atoms with Crippen molar-refractivity contribution in [1.29, 1.82) is 0 Å². The van der Waals surface area contributed by atoms with Crippen molar-refractivity contribution in [3.05, 3.63) is 24.3 Å². The van der Waals surface area contributed by atoms with Crippen LogP contribution in [0.4, 0.5) is 0 Å². The highest BCUT2D eigenvalue weighted by Gasteiger charge is 2.18. The van der Waals surface area contributed by atoms with Gasteiger partial charge in [-0.15, -0.1) is 0 Å². The van der Waals surface area contributed by atoms with E-state index in [1.807, 2.05) is 6.08 Å². The second-order valence-corrected chi connectivity index (χ2v) is 25.6. The first-order valence-corrected chi connectivity index (χ1v) is 37.1. The zero-order chi connectivity index (χ0) is 58.5. The Kier molecular flexibility index (Phi) is 69.4. The number of ether oxygens (including phenoxy) is 1. The van der Waals surface area contributed by atoms with E-state index < -0.39 is 12.1 Å². The Morgan fingerprint density at radius 3 is 0.877 bits per heavy atom. The molecule has 0 fully saturated rings. The highest BCUT2D eigenvalue weighted by Crippen LogP contribution is 2.19. The van der Waals surface area contributed by atoms with E-state index in [9.17, 15) is 19.8 Å². The maximum atomic E-state index is 12.5. The third-order valence-electron chi connectivity index (χ3n) is 17.5. The number of aliphatic hydroxyl groups is 2. The number of aliphatic hydroxyl groups excluding tert-OH is 2. The Morgan fingerprint density at radius 2 is 0.580 bits per heavy atom. The number of amides is 1. The van der Waals surface area contributed by atoms with Crippen LogP contribution in [-0.2, 0) is 14.3 Å². The minimum atomic E-state index is -0.848. The molecule has 2 unspecified atom stereocenters. The predicted octanol–water partition coefficient (Wildman–Crippen LogP) is 24.1. The number of nitrogens with one attached hydrogen (secondary N) is 1. The molecule has 0 radical (unpaired) electrons. The van der Waals surface area contributed by atoms with Gasteiger partial charge >= 0.3 is 5.97 Å². The third-order valence-corrected chi connectivity index (χ3v) is 17.5. The third kappa shape index (κ3) is 67.3. The van der Waals surface area contributed by atoms with Gasteiger partial charge in [-0.1, -0.05) is 372 Å². The summed E-state index contributed by atoms with van der Waals surface area (Å²) in [7, 11) is 0. The average molecular weight is 1140 g/mol. The lowest BCUT2D eigenvalue weighted by Gasteiger charge is -2.20. The van der Waals surface area contributed by atoms with Crippen molar-refractivity contribution in [3.63, 3.8) is 0 Å². The van der Waals surface area contributed by atoms with Crippen LogP contribution < -0.4 is 5.32 Å². The molecular weight excluding hydrogens is 995 g/mol. The number of carbonyl (C=O) groups is 2. The minimum Gasteiger partial charge on any atom is -0.466 e. The molecule has 2 atom stereocenters. The molecule has 0 saturated carbocycles. The molecule has 0 rings (SSSR count). The van der Waals surface area contributed by atoms with Crippen LogP contribution in [0.1, 0.15) is 418 Å². The molecule has 0 saturated heterocycles. The highest BCUT2D eigenvalue weighted by molar-refractivity contribution is 5.76. The lowest BCUT2D eigenvalue weighted by molar-refractivity contribution is -0.143. The number of allylic oxidation sites excluding steroid dienone is 3. The van der Waals surface area contributed by atoms with E-state index in [1.54, 1.807) is 6.08 Å². The van der Waals surface area contributed by atoms with Crippen molar-refractivity contribution in [2.75, 3.05) is 13.2 Å². The van der Waals surface area contributed by atoms with E-state index >= 15 is 0 Å². The number of hydrogen-bond donors (Lipinski definition) is 3. The van der Waals surface area contributed by atoms with Gasteiger partial charge in [0.05, 0.1) is 25.4 Å². The molecule has 0 aliphatic rings. The van der Waals surface area contributed by atoms with Crippen LogP contribution in [0, 0.1) is 0 Å². The molecule has 3 N–H and O–H groups in total. The largest absolute Gasteiger partial charge is 0.466 e. The topological polar surface area (TPSA) is 95.9 Å². The van der Waals surface area contributed by atoms with Crippen LogP contribution in [0.2, 0.25) is 0 Å². The van der Waals surface area contributed by atoms with E-state index in [2.05, 4.69) is 31.3 Å². The maximum Gasteiger partial charge on any atom is 0.305 e. The first-order chi connectivity index (χ1) is 40.0. The quantitative estimate of drug-likeness (QED) is 0.0320. The first kappa shape index (κ1) is 79.3. The Bertz CT molecular complexity index is 1270. The molecule has 0 heterocycles. The Labute approximate surface area is 507 Å². The summed E-state index contributed by atoms with van der Waals surface area (Å²) in [4.78, 5) is 24.6. The summed E-state index contributed by atoms with van der Waals surface area (Å²) in [5, 5.41) is 23.3. The lowest BCUT2D eigenvalue weighted by Crippen LogP contribution is -2.45. The van der Waals surface area contributed by atoms with E-state index in [0.717, 1.165) is 38.5 Å². The van der Waals surface area contributed by atoms with Gasteiger partial charge in [0.1, 0.15) is 0 Å². The SMILES string of the molecule is CCCCCCCCCCCCCCCCCCCCCCCCC/C=C/C(O)C(CO)NC(=O)CCCCCCCCCCC/C=C\CCCCCCCCCCCCCCOC(=O)CCCCCCCCCCCCCCCC. The van der Waals surface area contributed by atoms with Crippen LogP contribution in [-0.4, -0.2) is 47.4 Å². The molecule has 480 valence electrons. The Morgan fingerprint density at radius 1 is 0.333 bits per heavy atom. The maximum absolute atomic E-state index is 12.5. The van der Waals surface area contributed by atoms with Gasteiger partial charge in [0.2, 0.25) is 5.91 Å². The van der Waals surface area contributed by atoms with Crippen molar-refractivity contribution in [3.8, 4) is 0 Å². The summed E-state index contributed by atoms with van der Waals surface area (Å²) in [5.74, 6) is -0.0499. The van der Waals surface area contributed by atoms with E-state index in [4.69, 9.17) is 4.74 Å². The van der Waals surface area contributed by atoms with Crippen LogP contribution in [0.15, 0.2) is 24.3 Å². The van der Waals surface area contributed by atoms with Crippen LogP contribution in [0.25, 0.3) is 0 Å². The Balaban J connectivity index is 3.42. The number of esters is 1. The van der Waals surface area contributed by atoms with Gasteiger partial charge in [-0.2, -0.15) is 0 Å². The van der Waals surface area contributed by atoms with Crippen LogP contribution in [0.5, 0.6) is 0 Å². The molecule has 0 aromatic heterocycles. The van der Waals surface area contributed by atoms with Crippen molar-refractivity contribution >= 4 is 11.9 Å². The van der Waals surface area contributed by atoms with E-state index in [1.165, 1.54) is 353 Å². The molecular formula is C75H145NO5. The molecule has 81 heavy (non-hydrogen) atoms. The van der Waals surface area contributed by atoms with Gasteiger partial charge in [0.15, 0.2) is 0 Å². The molecule has 0 spiro atoms. The van der Waals surface area contributed by atoms with Gasteiger partial charge < -0.3 is 20.3 Å². The van der Waals surface area contributed by atoms with Gasteiger partial charge in [0.25, 0.3) is 0 Å². The summed E-state index contributed by atoms with van der Waals surface area (Å²) in [6.45, 7) is 4.95. The fourth-order valence-corrected chi connectivity index (χ4v) is 11.8. The van der Waals surface area contributed by atoms with Gasteiger partial charge in [-0.3, -0.25) is 9.59 Å². The van der Waals surface area contributed by atoms with Crippen LogP contribution >= 0.6 is 0 Å². The van der Waals surface area contributed by atoms with Gasteiger partial charge in [-0.25, -0.2) is 0 Å². The smallest absolute Gasteiger partial charge is 0.305 e. The van der Waals surface area contributed by atoms with E-state index in [-0.39, 0.29) is 18.5 Å². The van der Waals surface area contributed by atoms with Crippen molar-refractivity contribution in [1.82, 2.24) is 5.32 Å². The molecule has 6 nitrogen and oxygen atoms in total. The monoisotopic (exact) mass is 1140 g/mol. The standard InChI is InChI=1S/C75H145NO5/c1-3-5-7-9-11-13-15-17-19-20-21-22-23-25-28-31-34-37-40-43-47-51-55-59-63-67-73(78)72(71-77)76-74(79)68-64-60-56-52-48-44-41-38-35-32-29-26-24-27-30-33-36-39-42-46-50-54-58-62-66-70-81-75(80)69-65-61-57-53-49-45-18-16-14-12-10-8-6-4-2/h26,29,63,67,72-73,77-78H,3-25,27-28,30-62,64-66,68-71H2,1-2H3,(H,76,79)/b29-26-,67-63+. The fraction of sp³-hybridized carbons (Fsp3) is 0.920. The molecule has 0 aromatic rings. The summed E-state index contributed by atoms with van der Waals surface area (Å²) in [6, 6.07) is -0.632. The van der Waals surface area contributed by atoms with Gasteiger partial charge in [0, 0.05) is 12.8 Å². The zero-order valence-electron chi connectivity index (χ0n) is 55.0. The minimum absolute atomic E-state index is 0.0162. The summed E-state index contributed by atoms with van der Waals surface area (Å²) in [5.41, 5.74) is 0. The highest BCUT2D eigenvalue weighted by atomic mass is 16.5. The summed E-state index contributed by atoms with van der Waals surface area (Å²) >= 11 is 0. The predicted molar refractivity (Wildman–Crippen MR) is 356 cm³/mol. The van der Waals surface area contributed by atoms with Crippen molar-refractivity contribution in [2.24, 2.45) is 0 Å². The zero-order valence-corrected chi connectivity index (χ0v) is 55.0. The fourth-order valence-electron chi connectivity index (χ4n) is 11.8. The summed E-state index contributed by atoms with van der Waals surface area (Å²) in [6.07, 6.45) is 89.8. The first-order valence-electron chi connectivity index (χ1n) is 37.1. The molecule has 0 bridgehead atoms. The second kappa shape index (κ2) is 70.8. The molecule has 0 aliphatic carbocycles. The lowest BCUT2D eigenvalue weighted by atomic mass is 10.0. The molecule has 6 heteroatoms. The van der Waals surface area contributed by atoms with Crippen LogP contribution in [0.3, 0.4) is 0 Å². The summed E-state index contributed by atoms with van der Waals surface area (Å²) < 4.78 is 5.49. The molecule has 1 amide bonds. The molecule has 0 aliphatic heterocycles. The normalized spacial score (nSPS) is 12.6. The second-order valence-electron chi connectivity index (χ2n) is 25.6. The van der Waals surface area contributed by atoms with E-state index in [0.29, 0.717) is 19.4 Å². The van der Waals surface area contributed by atoms with Crippen molar-refractivity contribution < 1.29 is 24.5 Å². The molecule has 0 aromatic carbocycles. The average Bonchev–Trinajstić information content (AvgIpc) is 3.47. The number of rotatable bonds is 70. The number of hydrogen-bond acceptors (Lipinski definition) is 5. The Hall–Kier alpha value is -1.66. The number of carbonyl (C=O) groups excluding carboxylic acids is 2. The number of unbranched alkanes of at least 4 members (excludes halogenated alkanes) is 57. The van der Waals surface area contributed by atoms with Crippen molar-refractivity contribution in [2.45, 2.75) is 431 Å². The van der Waals surface area contributed by atoms with Gasteiger partial charge in [-0.05, 0) is 57.8 Å².